The summed E-state index contributed by atoms with van der Waals surface area (Å²) in [4.78, 5) is 21.7. The van der Waals surface area contributed by atoms with Gasteiger partial charge < -0.3 is 16.6 Å². The molecule has 1 aromatic carbocycles. The largest absolute Gasteiger partial charge is 0.490 e. The Balaban J connectivity index is 0.00000264. The highest BCUT2D eigenvalue weighted by Gasteiger charge is 2.40. The van der Waals surface area contributed by atoms with Crippen LogP contribution in [0, 0.1) is 5.82 Å². The molecule has 11 heteroatoms. The van der Waals surface area contributed by atoms with Crippen molar-refractivity contribution in [3.63, 3.8) is 0 Å². The van der Waals surface area contributed by atoms with Gasteiger partial charge in [0.05, 0.1) is 12.1 Å². The second kappa shape index (κ2) is 6.60. The Bertz CT molecular complexity index is 742. The Morgan fingerprint density at radius 2 is 1.96 bits per heavy atom. The predicted molar refractivity (Wildman–Crippen MR) is 70.2 cm³/mol. The van der Waals surface area contributed by atoms with Gasteiger partial charge in [-0.25, -0.2) is 9.18 Å². The molecule has 1 amide bonds. The van der Waals surface area contributed by atoms with Gasteiger partial charge in [0, 0.05) is 11.6 Å². The number of ether oxygens (including phenoxy) is 1. The lowest BCUT2D eigenvalue weighted by molar-refractivity contribution is -0.199. The molecular weight excluding hydrogens is 324 g/mol. The minimum absolute atomic E-state index is 0. The molecule has 1 aromatic heterocycles. The Morgan fingerprint density at radius 1 is 1.30 bits per heavy atom. The summed E-state index contributed by atoms with van der Waals surface area (Å²) in [5.74, 6) is -3.91. The number of hydrogen-bond donors (Lipinski definition) is 2. The molecule has 0 atom stereocenters. The number of carbonyl (C=O) groups is 2. The van der Waals surface area contributed by atoms with Crippen molar-refractivity contribution >= 4 is 22.8 Å². The van der Waals surface area contributed by atoms with Crippen molar-refractivity contribution in [3.8, 4) is 0 Å². The van der Waals surface area contributed by atoms with Gasteiger partial charge in [-0.3, -0.25) is 9.48 Å². The number of rotatable bonds is 4. The fourth-order valence-electron chi connectivity index (χ4n) is 1.76. The molecule has 0 aliphatic carbocycles. The topological polar surface area (TPSA) is 122 Å². The van der Waals surface area contributed by atoms with Gasteiger partial charge >= 0.3 is 12.1 Å². The summed E-state index contributed by atoms with van der Waals surface area (Å²) in [6.45, 7) is -0.781. The van der Waals surface area contributed by atoms with Crippen LogP contribution >= 0.6 is 0 Å². The van der Waals surface area contributed by atoms with Crippen molar-refractivity contribution in [2.24, 2.45) is 5.73 Å². The smallest absolute Gasteiger partial charge is 0.457 e. The lowest BCUT2D eigenvalue weighted by atomic mass is 10.1. The van der Waals surface area contributed by atoms with Gasteiger partial charge in [-0.1, -0.05) is 0 Å². The van der Waals surface area contributed by atoms with Crippen LogP contribution in [0.15, 0.2) is 18.3 Å². The number of benzene rings is 1. The van der Waals surface area contributed by atoms with E-state index in [0.29, 0.717) is 0 Å². The Morgan fingerprint density at radius 3 is 2.52 bits per heavy atom. The van der Waals surface area contributed by atoms with Crippen LogP contribution in [0.4, 0.5) is 17.6 Å². The van der Waals surface area contributed by atoms with Crippen LogP contribution in [0.3, 0.4) is 0 Å². The van der Waals surface area contributed by atoms with Gasteiger partial charge in [-0.15, -0.1) is 0 Å². The number of carbonyl (C=O) groups excluding carboxylic acids is 2. The molecule has 0 radical (unpaired) electrons. The fraction of sp³-hybridized carbons (Fsp3) is 0.250. The zero-order chi connectivity index (χ0) is 16.5. The first-order valence-corrected chi connectivity index (χ1v) is 5.89. The van der Waals surface area contributed by atoms with Crippen LogP contribution in [0.1, 0.15) is 10.4 Å². The van der Waals surface area contributed by atoms with E-state index in [9.17, 15) is 27.2 Å². The molecule has 126 valence electrons. The molecule has 0 fully saturated rings. The van der Waals surface area contributed by atoms with Gasteiger partial charge in [0.15, 0.2) is 0 Å². The zero-order valence-corrected chi connectivity index (χ0v) is 11.6. The molecule has 5 N–H and O–H groups in total. The highest BCUT2D eigenvalue weighted by Crippen LogP contribution is 2.19. The minimum Gasteiger partial charge on any atom is -0.457 e. The number of fused-ring (bicyclic) bond motifs is 1. The van der Waals surface area contributed by atoms with Gasteiger partial charge in [0.25, 0.3) is 5.91 Å². The number of halogens is 4. The average molecular weight is 336 g/mol. The first-order valence-electron chi connectivity index (χ1n) is 5.89. The van der Waals surface area contributed by atoms with Crippen molar-refractivity contribution in [1.82, 2.24) is 15.9 Å². The molecule has 0 aliphatic rings. The average Bonchev–Trinajstić information content (AvgIpc) is 2.78. The number of primary amides is 1. The van der Waals surface area contributed by atoms with Crippen LogP contribution in [-0.4, -0.2) is 34.4 Å². The molecule has 0 spiro atoms. The summed E-state index contributed by atoms with van der Waals surface area (Å²) >= 11 is 0. The second-order valence-corrected chi connectivity index (χ2v) is 4.28. The molecule has 0 saturated carbocycles. The van der Waals surface area contributed by atoms with Gasteiger partial charge in [-0.2, -0.15) is 18.3 Å². The highest BCUT2D eigenvalue weighted by molar-refractivity contribution is 6.04. The molecule has 7 nitrogen and oxygen atoms in total. The molecule has 2 rings (SSSR count). The van der Waals surface area contributed by atoms with Crippen molar-refractivity contribution in [2.45, 2.75) is 12.7 Å². The second-order valence-electron chi connectivity index (χ2n) is 4.28. The number of nitrogens with zero attached hydrogens (tertiary/aromatic N) is 2. The third-order valence-electron chi connectivity index (χ3n) is 2.67. The van der Waals surface area contributed by atoms with Crippen LogP contribution in [-0.2, 0) is 16.1 Å². The zero-order valence-electron chi connectivity index (χ0n) is 11.6. The number of alkyl halides is 3. The van der Waals surface area contributed by atoms with E-state index in [0.717, 1.165) is 16.8 Å². The number of esters is 1. The van der Waals surface area contributed by atoms with Gasteiger partial charge in [-0.05, 0) is 12.1 Å². The van der Waals surface area contributed by atoms with Gasteiger partial charge in [0.1, 0.15) is 17.9 Å². The maximum absolute atomic E-state index is 13.3. The van der Waals surface area contributed by atoms with Gasteiger partial charge in [0.2, 0.25) is 0 Å². The number of hydrogen-bond acceptors (Lipinski definition) is 5. The fourth-order valence-corrected chi connectivity index (χ4v) is 1.76. The highest BCUT2D eigenvalue weighted by atomic mass is 19.4. The molecule has 23 heavy (non-hydrogen) atoms. The third-order valence-corrected chi connectivity index (χ3v) is 2.67. The molecule has 1 heterocycles. The quantitative estimate of drug-likeness (QED) is 0.648. The minimum atomic E-state index is -5.07. The lowest BCUT2D eigenvalue weighted by Crippen LogP contribution is -2.26. The summed E-state index contributed by atoms with van der Waals surface area (Å²) in [5.41, 5.74) is 5.05. The van der Waals surface area contributed by atoms with Crippen molar-refractivity contribution in [3.05, 3.63) is 29.7 Å². The van der Waals surface area contributed by atoms with E-state index in [1.54, 1.807) is 0 Å². The third kappa shape index (κ3) is 4.16. The monoisotopic (exact) mass is 336 g/mol. The standard InChI is InChI=1S/C12H9F4N3O3.H3N/c13-7-3-6-5-19(1-2-22-11(21)12(14,15)16)18-9(6)8(4-7)10(17)20;/h3-5H,1-2H2,(H2,17,20);1H3. The van der Waals surface area contributed by atoms with E-state index in [2.05, 4.69) is 9.84 Å². The Hall–Kier alpha value is -2.69. The summed E-state index contributed by atoms with van der Waals surface area (Å²) in [6.07, 6.45) is -3.77. The van der Waals surface area contributed by atoms with Crippen LogP contribution < -0.4 is 11.9 Å². The lowest BCUT2D eigenvalue weighted by Gasteiger charge is -2.06. The summed E-state index contributed by atoms with van der Waals surface area (Å²) in [5, 5.41) is 4.16. The van der Waals surface area contributed by atoms with Crippen LogP contribution in [0.2, 0.25) is 0 Å². The molecule has 0 aliphatic heterocycles. The molecule has 2 aromatic rings. The maximum Gasteiger partial charge on any atom is 0.490 e. The summed E-state index contributed by atoms with van der Waals surface area (Å²) < 4.78 is 54.3. The SMILES string of the molecule is N.NC(=O)c1cc(F)cc2cn(CCOC(=O)C(F)(F)F)nc12. The molecule has 0 unspecified atom stereocenters. The molecule has 0 bridgehead atoms. The number of amides is 1. The Labute approximate surface area is 126 Å². The van der Waals surface area contributed by atoms with E-state index in [4.69, 9.17) is 5.73 Å². The van der Waals surface area contributed by atoms with E-state index >= 15 is 0 Å². The summed E-state index contributed by atoms with van der Waals surface area (Å²) in [6, 6.07) is 2.00. The normalized spacial score (nSPS) is 11.1. The predicted octanol–water partition coefficient (Wildman–Crippen LogP) is 1.54. The maximum atomic E-state index is 13.3. The van der Waals surface area contributed by atoms with Crippen molar-refractivity contribution in [1.29, 1.82) is 0 Å². The molecule has 0 saturated heterocycles. The van der Waals surface area contributed by atoms with E-state index in [1.165, 1.54) is 6.20 Å². The Kier molecular flexibility index (Phi) is 5.27. The first kappa shape index (κ1) is 18.4. The number of aromatic nitrogens is 2. The van der Waals surface area contributed by atoms with E-state index in [1.807, 2.05) is 0 Å². The summed E-state index contributed by atoms with van der Waals surface area (Å²) in [7, 11) is 0. The molecular formula is C12H12F4N4O3. The van der Waals surface area contributed by atoms with Crippen molar-refractivity contribution < 1.29 is 31.9 Å². The van der Waals surface area contributed by atoms with Crippen molar-refractivity contribution in [2.75, 3.05) is 6.61 Å². The van der Waals surface area contributed by atoms with E-state index < -0.39 is 30.5 Å². The van der Waals surface area contributed by atoms with Crippen LogP contribution in [0.25, 0.3) is 10.9 Å². The first-order chi connectivity index (χ1) is 10.2. The number of nitrogens with two attached hydrogens (primary N) is 1. The van der Waals surface area contributed by atoms with E-state index in [-0.39, 0.29) is 29.2 Å². The van der Waals surface area contributed by atoms with Crippen LogP contribution in [0.5, 0.6) is 0 Å².